The second kappa shape index (κ2) is 16.0. The van der Waals surface area contributed by atoms with Crippen molar-refractivity contribution in [3.05, 3.63) is 65.7 Å². The van der Waals surface area contributed by atoms with Gasteiger partial charge in [-0.3, -0.25) is 4.55 Å². The molecule has 0 aromatic heterocycles. The zero-order valence-electron chi connectivity index (χ0n) is 21.3. The summed E-state index contributed by atoms with van der Waals surface area (Å²) in [6, 6.07) is 16.9. The maximum Gasteiger partial charge on any atom is 0.294 e. The van der Waals surface area contributed by atoms with Crippen molar-refractivity contribution in [2.24, 2.45) is 0 Å². The van der Waals surface area contributed by atoms with Crippen molar-refractivity contribution in [3.8, 4) is 0 Å². The molecule has 0 radical (unpaired) electrons. The minimum absolute atomic E-state index is 0.0666. The molecule has 0 atom stereocenters. The van der Waals surface area contributed by atoms with Crippen LogP contribution in [-0.2, 0) is 16.7 Å². The van der Waals surface area contributed by atoms with Crippen LogP contribution >= 0.6 is 0 Å². The first-order chi connectivity index (χ1) is 15.6. The molecule has 2 rings (SSSR count). The molecule has 0 bridgehead atoms. The largest absolute Gasteiger partial charge is 0.325 e. The molecular weight excluding hydrogens is 430 g/mol. The van der Waals surface area contributed by atoms with Crippen LogP contribution in [0.1, 0.15) is 82.3 Å². The molecule has 186 valence electrons. The van der Waals surface area contributed by atoms with Crippen LogP contribution in [0.3, 0.4) is 0 Å². The summed E-state index contributed by atoms with van der Waals surface area (Å²) in [4.78, 5) is -0.0666. The fourth-order valence-corrected chi connectivity index (χ4v) is 4.37. The monoisotopic (exact) mass is 476 g/mol. The van der Waals surface area contributed by atoms with Gasteiger partial charge in [0.2, 0.25) is 0 Å². The van der Waals surface area contributed by atoms with Crippen LogP contribution in [0.25, 0.3) is 0 Å². The summed E-state index contributed by atoms with van der Waals surface area (Å²) in [7, 11) is 0.704. The first-order valence-corrected chi connectivity index (χ1v) is 14.0. The first kappa shape index (κ1) is 29.3. The van der Waals surface area contributed by atoms with Crippen LogP contribution in [0.15, 0.2) is 59.5 Å². The molecule has 33 heavy (non-hydrogen) atoms. The van der Waals surface area contributed by atoms with E-state index in [0.717, 1.165) is 16.6 Å². The Morgan fingerprint density at radius 3 is 1.70 bits per heavy atom. The first-order valence-electron chi connectivity index (χ1n) is 12.5. The molecular formula is C28H46NO3S+. The Balaban J connectivity index is 0.000000412. The molecule has 1 N–H and O–H groups in total. The highest BCUT2D eigenvalue weighted by atomic mass is 32.2. The summed E-state index contributed by atoms with van der Waals surface area (Å²) in [6.07, 6.45) is 14.2. The predicted octanol–water partition coefficient (Wildman–Crippen LogP) is 7.43. The number of hydrogen-bond acceptors (Lipinski definition) is 2. The molecule has 0 heterocycles. The lowest BCUT2D eigenvalue weighted by Crippen LogP contribution is -2.39. The Hall–Kier alpha value is -1.69. The van der Waals surface area contributed by atoms with Crippen molar-refractivity contribution in [2.75, 3.05) is 20.6 Å². The average Bonchev–Trinajstić information content (AvgIpc) is 2.75. The highest BCUT2D eigenvalue weighted by Gasteiger charge is 2.14. The van der Waals surface area contributed by atoms with E-state index in [0.29, 0.717) is 0 Å². The maximum absolute atomic E-state index is 10.5. The Kier molecular flexibility index (Phi) is 14.2. The molecule has 0 aliphatic carbocycles. The standard InChI is InChI=1S/C21H38N.C7H8O3S/c1-4-5-6-7-8-9-10-11-12-16-19-22(2,3)20-21-17-14-13-15-18-21;1-6-2-4-7(5-3-6)11(8,9)10/h13-15,17-18H,4-12,16,19-20H2,1-3H3;2-5H,1H3,(H,8,9,10)/q+1;. The third-order valence-corrected chi connectivity index (χ3v) is 6.76. The van der Waals surface area contributed by atoms with Crippen molar-refractivity contribution in [1.29, 1.82) is 0 Å². The molecule has 0 amide bonds. The van der Waals surface area contributed by atoms with Gasteiger partial charge in [-0.15, -0.1) is 0 Å². The Morgan fingerprint density at radius 1 is 0.727 bits per heavy atom. The lowest BCUT2D eigenvalue weighted by Gasteiger charge is -2.30. The molecule has 5 heteroatoms. The maximum atomic E-state index is 10.5. The summed E-state index contributed by atoms with van der Waals surface area (Å²) in [6.45, 7) is 6.58. The van der Waals surface area contributed by atoms with Gasteiger partial charge in [-0.25, -0.2) is 0 Å². The van der Waals surface area contributed by atoms with Gasteiger partial charge < -0.3 is 4.48 Å². The van der Waals surface area contributed by atoms with Crippen LogP contribution in [0.5, 0.6) is 0 Å². The zero-order chi connectivity index (χ0) is 24.6. The molecule has 0 saturated carbocycles. The van der Waals surface area contributed by atoms with Crippen molar-refractivity contribution in [2.45, 2.75) is 89.5 Å². The van der Waals surface area contributed by atoms with Gasteiger partial charge >= 0.3 is 0 Å². The molecule has 0 aliphatic rings. The van der Waals surface area contributed by atoms with E-state index in [-0.39, 0.29) is 4.90 Å². The summed E-state index contributed by atoms with van der Waals surface area (Å²) >= 11 is 0. The van der Waals surface area contributed by atoms with Crippen LogP contribution in [0.2, 0.25) is 0 Å². The van der Waals surface area contributed by atoms with Gasteiger partial charge in [0.15, 0.2) is 0 Å². The van der Waals surface area contributed by atoms with Gasteiger partial charge in [0.05, 0.1) is 25.5 Å². The summed E-state index contributed by atoms with van der Waals surface area (Å²) < 4.78 is 30.7. The van der Waals surface area contributed by atoms with Crippen molar-refractivity contribution in [1.82, 2.24) is 0 Å². The van der Waals surface area contributed by atoms with Crippen LogP contribution in [0, 0.1) is 6.92 Å². The number of nitrogens with zero attached hydrogens (tertiary/aromatic N) is 1. The molecule has 0 fully saturated rings. The van der Waals surface area contributed by atoms with Gasteiger partial charge in [-0.2, -0.15) is 8.42 Å². The van der Waals surface area contributed by atoms with Crippen molar-refractivity contribution < 1.29 is 17.5 Å². The molecule has 0 saturated heterocycles. The summed E-state index contributed by atoms with van der Waals surface area (Å²) in [5.74, 6) is 0. The third-order valence-electron chi connectivity index (χ3n) is 5.89. The summed E-state index contributed by atoms with van der Waals surface area (Å²) in [5, 5.41) is 0. The van der Waals surface area contributed by atoms with E-state index in [1.165, 1.54) is 88.4 Å². The molecule has 0 unspecified atom stereocenters. The van der Waals surface area contributed by atoms with Crippen LogP contribution in [0.4, 0.5) is 0 Å². The Bertz CT molecular complexity index is 846. The summed E-state index contributed by atoms with van der Waals surface area (Å²) in [5.41, 5.74) is 2.41. The normalized spacial score (nSPS) is 11.7. The van der Waals surface area contributed by atoms with Gasteiger partial charge in [-0.1, -0.05) is 106 Å². The Labute approximate surface area is 203 Å². The molecule has 2 aromatic carbocycles. The van der Waals surface area contributed by atoms with E-state index in [2.05, 4.69) is 51.4 Å². The number of rotatable bonds is 14. The fourth-order valence-electron chi connectivity index (χ4n) is 3.89. The lowest BCUT2D eigenvalue weighted by molar-refractivity contribution is -0.903. The van der Waals surface area contributed by atoms with Gasteiger partial charge in [0, 0.05) is 5.56 Å². The van der Waals surface area contributed by atoms with E-state index >= 15 is 0 Å². The molecule has 2 aromatic rings. The SMILES string of the molecule is CCCCCCCCCCCC[N+](C)(C)Cc1ccccc1.Cc1ccc(S(=O)(=O)O)cc1. The number of quaternary nitrogens is 1. The van der Waals surface area contributed by atoms with E-state index in [9.17, 15) is 8.42 Å². The van der Waals surface area contributed by atoms with Crippen molar-refractivity contribution >= 4 is 10.1 Å². The highest BCUT2D eigenvalue weighted by Crippen LogP contribution is 2.14. The third kappa shape index (κ3) is 14.9. The zero-order valence-corrected chi connectivity index (χ0v) is 22.1. The second-order valence-electron chi connectivity index (χ2n) is 9.77. The topological polar surface area (TPSA) is 54.4 Å². The van der Waals surface area contributed by atoms with E-state index < -0.39 is 10.1 Å². The predicted molar refractivity (Wildman–Crippen MR) is 140 cm³/mol. The number of unbranched alkanes of at least 4 members (excludes halogenated alkanes) is 9. The van der Waals surface area contributed by atoms with Crippen molar-refractivity contribution in [3.63, 3.8) is 0 Å². The minimum atomic E-state index is -4.02. The molecule has 0 spiro atoms. The van der Waals surface area contributed by atoms with Gasteiger partial charge in [0.1, 0.15) is 6.54 Å². The fraction of sp³-hybridized carbons (Fsp3) is 0.571. The van der Waals surface area contributed by atoms with E-state index in [1.54, 1.807) is 12.1 Å². The van der Waals surface area contributed by atoms with E-state index in [1.807, 2.05) is 6.92 Å². The number of aryl methyl sites for hydroxylation is 1. The quantitative estimate of drug-likeness (QED) is 0.175. The lowest BCUT2D eigenvalue weighted by atomic mass is 10.1. The van der Waals surface area contributed by atoms with Gasteiger partial charge in [0.25, 0.3) is 10.1 Å². The van der Waals surface area contributed by atoms with Gasteiger partial charge in [-0.05, 0) is 31.9 Å². The average molecular weight is 477 g/mol. The van der Waals surface area contributed by atoms with E-state index in [4.69, 9.17) is 4.55 Å². The second-order valence-corrected chi connectivity index (χ2v) is 11.2. The number of benzene rings is 2. The molecule has 0 aliphatic heterocycles. The highest BCUT2D eigenvalue weighted by molar-refractivity contribution is 7.85. The van der Waals surface area contributed by atoms with Crippen LogP contribution < -0.4 is 0 Å². The molecule has 4 nitrogen and oxygen atoms in total. The number of hydrogen-bond donors (Lipinski definition) is 1. The smallest absolute Gasteiger partial charge is 0.294 e. The van der Waals surface area contributed by atoms with Crippen LogP contribution in [-0.4, -0.2) is 38.1 Å². The minimum Gasteiger partial charge on any atom is -0.325 e. The Morgan fingerprint density at radius 2 is 1.21 bits per heavy atom.